The summed E-state index contributed by atoms with van der Waals surface area (Å²) in [6.45, 7) is 0.273. The molecule has 1 aromatic carbocycles. The highest BCUT2D eigenvalue weighted by Crippen LogP contribution is 2.18. The Morgan fingerprint density at radius 3 is 2.71 bits per heavy atom. The summed E-state index contributed by atoms with van der Waals surface area (Å²) in [6.07, 6.45) is 0. The van der Waals surface area contributed by atoms with Gasteiger partial charge < -0.3 is 9.47 Å². The van der Waals surface area contributed by atoms with Crippen LogP contribution in [0.15, 0.2) is 24.3 Å². The van der Waals surface area contributed by atoms with Gasteiger partial charge in [-0.3, -0.25) is 0 Å². The average Bonchev–Trinajstić information content (AvgIpc) is 2.19. The fraction of sp³-hybridized carbons (Fsp3) is 0.111. The van der Waals surface area contributed by atoms with Crippen LogP contribution >= 0.6 is 0 Å². The van der Waals surface area contributed by atoms with E-state index in [1.54, 1.807) is 0 Å². The largest absolute Gasteiger partial charge is 0.425 e. The average molecular weight is 194 g/mol. The topological polar surface area (TPSA) is 72.5 Å². The molecule has 0 aliphatic rings. The molecule has 0 aliphatic heterocycles. The van der Waals surface area contributed by atoms with E-state index in [1.165, 1.54) is 30.7 Å². The second-order valence-corrected chi connectivity index (χ2v) is 2.28. The Morgan fingerprint density at radius 2 is 2.07 bits per heavy atom. The zero-order valence-corrected chi connectivity index (χ0v) is 7.06. The number of esters is 1. The number of benzene rings is 1. The van der Waals surface area contributed by atoms with Gasteiger partial charge in [-0.15, -0.1) is 0 Å². The lowest BCUT2D eigenvalue weighted by Gasteiger charge is -2.02. The summed E-state index contributed by atoms with van der Waals surface area (Å²) in [5, 5.41) is 10.1. The highest BCUT2D eigenvalue weighted by molar-refractivity contribution is 5.73. The lowest BCUT2D eigenvalue weighted by atomic mass is 10.3. The number of rotatable bonds is 4. The van der Waals surface area contributed by atoms with Gasteiger partial charge in [0.15, 0.2) is 6.61 Å². The third-order valence-corrected chi connectivity index (χ3v) is 1.31. The van der Waals surface area contributed by atoms with E-state index in [-0.39, 0.29) is 11.5 Å². The summed E-state index contributed by atoms with van der Waals surface area (Å²) >= 11 is 0. The van der Waals surface area contributed by atoms with E-state index in [9.17, 15) is 14.7 Å². The molecule has 0 unspecified atom stereocenters. The van der Waals surface area contributed by atoms with Crippen molar-refractivity contribution in [3.8, 4) is 11.5 Å². The summed E-state index contributed by atoms with van der Waals surface area (Å²) < 4.78 is 8.98. The Kier molecular flexibility index (Phi) is 3.63. The first-order valence-electron chi connectivity index (χ1n) is 3.69. The van der Waals surface area contributed by atoms with Crippen LogP contribution in [-0.4, -0.2) is 19.0 Å². The van der Waals surface area contributed by atoms with Crippen molar-refractivity contribution in [1.82, 2.24) is 0 Å². The number of carbonyl (C=O) groups is 1. The zero-order chi connectivity index (χ0) is 10.4. The van der Waals surface area contributed by atoms with Crippen molar-refractivity contribution >= 4 is 12.4 Å². The second-order valence-electron chi connectivity index (χ2n) is 2.28. The van der Waals surface area contributed by atoms with E-state index in [1.807, 2.05) is 0 Å². The van der Waals surface area contributed by atoms with Gasteiger partial charge in [0.1, 0.15) is 11.5 Å². The summed E-state index contributed by atoms with van der Waals surface area (Å²) in [4.78, 5) is 20.5. The number of ether oxygens (including phenoxy) is 2. The Morgan fingerprint density at radius 1 is 1.36 bits per heavy atom. The molecule has 0 amide bonds. The van der Waals surface area contributed by atoms with Gasteiger partial charge in [0.25, 0.3) is 0 Å². The molecule has 1 aromatic rings. The van der Waals surface area contributed by atoms with Crippen LogP contribution in [0.5, 0.6) is 11.5 Å². The van der Waals surface area contributed by atoms with Crippen molar-refractivity contribution in [3.63, 3.8) is 0 Å². The maximum Gasteiger partial charge on any atom is 0.423 e. The smallest absolute Gasteiger partial charge is 0.423 e. The minimum atomic E-state index is -0.953. The first kappa shape index (κ1) is 10.2. The van der Waals surface area contributed by atoms with E-state index in [2.05, 4.69) is 9.47 Å². The summed E-state index contributed by atoms with van der Waals surface area (Å²) in [5.74, 6) is -0.549. The summed E-state index contributed by atoms with van der Waals surface area (Å²) in [6, 6.07) is 5.77. The first-order valence-corrected chi connectivity index (χ1v) is 3.69. The second kappa shape index (κ2) is 4.98. The lowest BCUT2D eigenvalue weighted by molar-refractivity contribution is -0.139. The third-order valence-electron chi connectivity index (χ3n) is 1.31. The molecule has 0 N–H and O–H groups in total. The van der Waals surface area contributed by atoms with Gasteiger partial charge in [-0.2, -0.15) is 0 Å². The molecule has 5 nitrogen and oxygen atoms in total. The predicted molar refractivity (Wildman–Crippen MR) is 44.0 cm³/mol. The van der Waals surface area contributed by atoms with Crippen molar-refractivity contribution in [2.45, 2.75) is 0 Å². The van der Waals surface area contributed by atoms with Gasteiger partial charge in [-0.25, -0.2) is 14.7 Å². The molecule has 0 bridgehead atoms. The molecule has 0 atom stereocenters. The van der Waals surface area contributed by atoms with Crippen LogP contribution in [0.25, 0.3) is 0 Å². The molecule has 0 aliphatic carbocycles. The van der Waals surface area contributed by atoms with E-state index < -0.39 is 12.6 Å². The first-order chi connectivity index (χ1) is 6.76. The highest BCUT2D eigenvalue weighted by Gasteiger charge is 2.04. The fourth-order valence-electron chi connectivity index (χ4n) is 0.810. The van der Waals surface area contributed by atoms with Crippen LogP contribution in [0, 0.1) is 0 Å². The molecular weight excluding hydrogens is 188 g/mol. The summed E-state index contributed by atoms with van der Waals surface area (Å²) in [5.41, 5.74) is 0. The number of carbonyl (C=O) groups excluding carboxylic acids is 2. The molecule has 1 rings (SSSR count). The molecular formula is C9H6O5. The quantitative estimate of drug-likeness (QED) is 0.515. The monoisotopic (exact) mass is 194 g/mol. The van der Waals surface area contributed by atoms with Gasteiger partial charge >= 0.3 is 12.4 Å². The Hall–Kier alpha value is -1.88. The van der Waals surface area contributed by atoms with Crippen molar-refractivity contribution < 1.29 is 24.2 Å². The third kappa shape index (κ3) is 2.87. The van der Waals surface area contributed by atoms with Crippen LogP contribution in [0.2, 0.25) is 0 Å². The Labute approximate surface area is 79.9 Å². The molecule has 0 heterocycles. The Balaban J connectivity index is 2.72. The molecule has 0 fully saturated rings. The van der Waals surface area contributed by atoms with Crippen LogP contribution in [-0.2, 0) is 14.7 Å². The molecule has 0 saturated carbocycles. The van der Waals surface area contributed by atoms with Crippen molar-refractivity contribution in [3.05, 3.63) is 24.3 Å². The lowest BCUT2D eigenvalue weighted by Crippen LogP contribution is -2.11. The molecule has 5 heteroatoms. The van der Waals surface area contributed by atoms with E-state index in [4.69, 9.17) is 0 Å². The molecule has 0 saturated heterocycles. The van der Waals surface area contributed by atoms with Gasteiger partial charge in [-0.05, 0) is 12.1 Å². The van der Waals surface area contributed by atoms with Gasteiger partial charge in [-0.1, -0.05) is 6.07 Å². The molecule has 72 valence electrons. The molecule has 14 heavy (non-hydrogen) atoms. The van der Waals surface area contributed by atoms with Crippen molar-refractivity contribution in [2.75, 3.05) is 6.61 Å². The summed E-state index contributed by atoms with van der Waals surface area (Å²) in [7, 11) is 0. The predicted octanol–water partition coefficient (Wildman–Crippen LogP) is 0.468. The SMILES string of the molecule is [O]CC(=O)Oc1cccc(O[C]=O)c1. The number of hydrogen-bond acceptors (Lipinski definition) is 4. The molecule has 0 aromatic heterocycles. The fourth-order valence-corrected chi connectivity index (χ4v) is 0.810. The highest BCUT2D eigenvalue weighted by atomic mass is 16.5. The van der Waals surface area contributed by atoms with Gasteiger partial charge in [0, 0.05) is 6.07 Å². The normalized spacial score (nSPS) is 9.21. The minimum absolute atomic E-state index is 0.151. The van der Waals surface area contributed by atoms with Crippen LogP contribution in [0.4, 0.5) is 0 Å². The Bertz CT molecular complexity index is 334. The minimum Gasteiger partial charge on any atom is -0.425 e. The maximum atomic E-state index is 10.6. The standard InChI is InChI=1S/C9H6O5/c10-5-9(12)14-8-3-1-2-7(4-8)13-6-11/h1-4H,5H2. The van der Waals surface area contributed by atoms with E-state index in [0.717, 1.165) is 0 Å². The molecule has 0 spiro atoms. The molecule has 2 radical (unpaired) electrons. The van der Waals surface area contributed by atoms with Gasteiger partial charge in [0.05, 0.1) is 0 Å². The van der Waals surface area contributed by atoms with Crippen molar-refractivity contribution in [2.24, 2.45) is 0 Å². The maximum absolute atomic E-state index is 10.6. The van der Waals surface area contributed by atoms with E-state index >= 15 is 0 Å². The van der Waals surface area contributed by atoms with Gasteiger partial charge in [0.2, 0.25) is 0 Å². The van der Waals surface area contributed by atoms with Crippen LogP contribution < -0.4 is 9.47 Å². The van der Waals surface area contributed by atoms with Crippen LogP contribution in [0.3, 0.4) is 0 Å². The zero-order valence-electron chi connectivity index (χ0n) is 7.06. The van der Waals surface area contributed by atoms with Crippen molar-refractivity contribution in [1.29, 1.82) is 0 Å². The van der Waals surface area contributed by atoms with Crippen LogP contribution in [0.1, 0.15) is 0 Å². The van der Waals surface area contributed by atoms with E-state index in [0.29, 0.717) is 0 Å². The number of hydrogen-bond donors (Lipinski definition) is 0.